The van der Waals surface area contributed by atoms with Gasteiger partial charge >= 0.3 is 0 Å². The highest BCUT2D eigenvalue weighted by atomic mass is 32.1. The van der Waals surface area contributed by atoms with Gasteiger partial charge < -0.3 is 10.2 Å². The van der Waals surface area contributed by atoms with Crippen molar-refractivity contribution in [3.63, 3.8) is 0 Å². The van der Waals surface area contributed by atoms with Gasteiger partial charge in [0.2, 0.25) is 5.91 Å². The Labute approximate surface area is 193 Å². The van der Waals surface area contributed by atoms with Crippen LogP contribution in [0.25, 0.3) is 0 Å². The van der Waals surface area contributed by atoms with Crippen LogP contribution in [0.3, 0.4) is 0 Å². The molecule has 32 heavy (non-hydrogen) atoms. The van der Waals surface area contributed by atoms with Crippen molar-refractivity contribution in [3.8, 4) is 0 Å². The minimum absolute atomic E-state index is 0.0154. The largest absolute Gasteiger partial charge is 0.337 e. The Morgan fingerprint density at radius 2 is 1.94 bits per heavy atom. The van der Waals surface area contributed by atoms with Crippen molar-refractivity contribution in [3.05, 3.63) is 70.0 Å². The van der Waals surface area contributed by atoms with Crippen molar-refractivity contribution in [2.24, 2.45) is 5.92 Å². The predicted octanol–water partition coefficient (Wildman–Crippen LogP) is 4.78. The maximum atomic E-state index is 13.2. The van der Waals surface area contributed by atoms with Gasteiger partial charge in [-0.2, -0.15) is 5.10 Å². The SMILES string of the molecule is CC(C)(C)c1cc(NC(=O)C2CCCN(C(=O)c3cccs3)C2)n(Cc2ccccc2)n1. The molecule has 0 bridgehead atoms. The minimum Gasteiger partial charge on any atom is -0.337 e. The van der Waals surface area contributed by atoms with Crippen LogP contribution in [-0.2, 0) is 16.8 Å². The van der Waals surface area contributed by atoms with Gasteiger partial charge in [0, 0.05) is 24.6 Å². The van der Waals surface area contributed by atoms with Gasteiger partial charge in [0.05, 0.1) is 23.0 Å². The van der Waals surface area contributed by atoms with E-state index in [9.17, 15) is 9.59 Å². The van der Waals surface area contributed by atoms with Crippen molar-refractivity contribution in [2.45, 2.75) is 45.6 Å². The molecular weight excluding hydrogens is 420 g/mol. The molecule has 3 heterocycles. The van der Waals surface area contributed by atoms with Crippen LogP contribution >= 0.6 is 11.3 Å². The van der Waals surface area contributed by atoms with Crippen molar-refractivity contribution < 1.29 is 9.59 Å². The van der Waals surface area contributed by atoms with Gasteiger partial charge in [-0.3, -0.25) is 9.59 Å². The molecule has 0 spiro atoms. The third kappa shape index (κ3) is 5.10. The number of nitrogens with zero attached hydrogens (tertiary/aromatic N) is 3. The summed E-state index contributed by atoms with van der Waals surface area (Å²) in [5.74, 6) is 0.432. The van der Waals surface area contributed by atoms with E-state index in [4.69, 9.17) is 5.10 Å². The summed E-state index contributed by atoms with van der Waals surface area (Å²) in [5.41, 5.74) is 1.93. The van der Waals surface area contributed by atoms with E-state index >= 15 is 0 Å². The van der Waals surface area contributed by atoms with E-state index in [0.717, 1.165) is 29.0 Å². The van der Waals surface area contributed by atoms with Crippen molar-refractivity contribution >= 4 is 29.0 Å². The molecular formula is C25H30N4O2S. The van der Waals surface area contributed by atoms with Crippen LogP contribution in [0.1, 0.15) is 54.5 Å². The number of carbonyl (C=O) groups excluding carboxylic acids is 2. The van der Waals surface area contributed by atoms with Gasteiger partial charge in [-0.05, 0) is 29.9 Å². The van der Waals surface area contributed by atoms with Crippen molar-refractivity contribution in [1.82, 2.24) is 14.7 Å². The molecule has 1 aromatic carbocycles. The lowest BCUT2D eigenvalue weighted by Gasteiger charge is -2.31. The van der Waals surface area contributed by atoms with Crippen molar-refractivity contribution in [2.75, 3.05) is 18.4 Å². The lowest BCUT2D eigenvalue weighted by Crippen LogP contribution is -2.43. The van der Waals surface area contributed by atoms with Crippen LogP contribution in [0.4, 0.5) is 5.82 Å². The molecule has 6 nitrogen and oxygen atoms in total. The summed E-state index contributed by atoms with van der Waals surface area (Å²) in [6.07, 6.45) is 1.60. The van der Waals surface area contributed by atoms with Gasteiger partial charge in [-0.25, -0.2) is 4.68 Å². The van der Waals surface area contributed by atoms with Gasteiger partial charge in [0.25, 0.3) is 5.91 Å². The van der Waals surface area contributed by atoms with E-state index in [-0.39, 0.29) is 23.1 Å². The minimum atomic E-state index is -0.231. The van der Waals surface area contributed by atoms with E-state index in [1.54, 1.807) is 4.90 Å². The van der Waals surface area contributed by atoms with E-state index in [1.807, 2.05) is 46.5 Å². The van der Waals surface area contributed by atoms with E-state index in [1.165, 1.54) is 11.3 Å². The first kappa shape index (κ1) is 22.3. The summed E-state index contributed by atoms with van der Waals surface area (Å²) in [6.45, 7) is 8.07. The molecule has 2 amide bonds. The Kier molecular flexibility index (Phi) is 6.46. The number of rotatable bonds is 5. The second-order valence-electron chi connectivity index (χ2n) is 9.36. The maximum absolute atomic E-state index is 13.2. The molecule has 1 aliphatic heterocycles. The van der Waals surface area contributed by atoms with Gasteiger partial charge in [-0.1, -0.05) is 57.2 Å². The molecule has 1 unspecified atom stereocenters. The van der Waals surface area contributed by atoms with Crippen molar-refractivity contribution in [1.29, 1.82) is 0 Å². The number of benzene rings is 1. The number of hydrogen-bond donors (Lipinski definition) is 1. The van der Waals surface area contributed by atoms with Gasteiger partial charge in [-0.15, -0.1) is 11.3 Å². The lowest BCUT2D eigenvalue weighted by molar-refractivity contribution is -0.121. The highest BCUT2D eigenvalue weighted by Crippen LogP contribution is 2.26. The first-order valence-corrected chi connectivity index (χ1v) is 11.9. The summed E-state index contributed by atoms with van der Waals surface area (Å²) < 4.78 is 1.87. The first-order chi connectivity index (χ1) is 15.3. The smallest absolute Gasteiger partial charge is 0.263 e. The zero-order valence-electron chi connectivity index (χ0n) is 18.9. The molecule has 0 aliphatic carbocycles. The summed E-state index contributed by atoms with van der Waals surface area (Å²) in [7, 11) is 0. The second kappa shape index (κ2) is 9.28. The molecule has 1 aliphatic rings. The fourth-order valence-corrected chi connectivity index (χ4v) is 4.61. The molecule has 1 atom stereocenters. The van der Waals surface area contributed by atoms with E-state index < -0.39 is 0 Å². The van der Waals surface area contributed by atoms with Crippen LogP contribution in [0.5, 0.6) is 0 Å². The van der Waals surface area contributed by atoms with Crippen LogP contribution < -0.4 is 5.32 Å². The Morgan fingerprint density at radius 1 is 1.16 bits per heavy atom. The quantitative estimate of drug-likeness (QED) is 0.608. The zero-order chi connectivity index (χ0) is 22.7. The van der Waals surface area contributed by atoms with Crippen LogP contribution in [-0.4, -0.2) is 39.6 Å². The van der Waals surface area contributed by atoms with Gasteiger partial charge in [0.15, 0.2) is 0 Å². The Balaban J connectivity index is 1.50. The number of carbonyl (C=O) groups is 2. The average Bonchev–Trinajstić information content (AvgIpc) is 3.45. The summed E-state index contributed by atoms with van der Waals surface area (Å²) in [4.78, 5) is 28.5. The number of aromatic nitrogens is 2. The molecule has 1 saturated heterocycles. The first-order valence-electron chi connectivity index (χ1n) is 11.1. The summed E-state index contributed by atoms with van der Waals surface area (Å²) in [5, 5.41) is 9.81. The summed E-state index contributed by atoms with van der Waals surface area (Å²) >= 11 is 1.44. The number of hydrogen-bond acceptors (Lipinski definition) is 4. The third-order valence-electron chi connectivity index (χ3n) is 5.79. The molecule has 7 heteroatoms. The molecule has 2 aromatic heterocycles. The Morgan fingerprint density at radius 3 is 2.62 bits per heavy atom. The average molecular weight is 451 g/mol. The highest BCUT2D eigenvalue weighted by molar-refractivity contribution is 7.12. The normalized spacial score (nSPS) is 16.7. The zero-order valence-corrected chi connectivity index (χ0v) is 19.7. The topological polar surface area (TPSA) is 67.2 Å². The molecule has 3 aromatic rings. The van der Waals surface area contributed by atoms with Gasteiger partial charge in [0.1, 0.15) is 5.82 Å². The Hall–Kier alpha value is -2.93. The monoisotopic (exact) mass is 450 g/mol. The third-order valence-corrected chi connectivity index (χ3v) is 6.64. The van der Waals surface area contributed by atoms with E-state index in [0.29, 0.717) is 25.5 Å². The van der Waals surface area contributed by atoms with Crippen LogP contribution in [0, 0.1) is 5.92 Å². The fourth-order valence-electron chi connectivity index (χ4n) is 3.92. The maximum Gasteiger partial charge on any atom is 0.263 e. The van der Waals surface area contributed by atoms with E-state index in [2.05, 4.69) is 38.2 Å². The number of likely N-dealkylation sites (tertiary alicyclic amines) is 1. The number of piperidine rings is 1. The molecule has 4 rings (SSSR count). The number of nitrogens with one attached hydrogen (secondary N) is 1. The molecule has 0 saturated carbocycles. The number of amides is 2. The standard InChI is InChI=1S/C25H30N4O2S/c1-25(2,3)21-15-22(29(27-21)16-18-9-5-4-6-10-18)26-23(30)19-11-7-13-28(17-19)24(31)20-12-8-14-32-20/h4-6,8-10,12,14-15,19H,7,11,13,16-17H2,1-3H3,(H,26,30). The van der Waals surface area contributed by atoms with Crippen LogP contribution in [0.2, 0.25) is 0 Å². The van der Waals surface area contributed by atoms with Crippen LogP contribution in [0.15, 0.2) is 53.9 Å². The summed E-state index contributed by atoms with van der Waals surface area (Å²) in [6, 6.07) is 15.8. The fraction of sp³-hybridized carbons (Fsp3) is 0.400. The predicted molar refractivity (Wildman–Crippen MR) is 128 cm³/mol. The molecule has 168 valence electrons. The Bertz CT molecular complexity index is 1070. The lowest BCUT2D eigenvalue weighted by atomic mass is 9.92. The number of anilines is 1. The highest BCUT2D eigenvalue weighted by Gasteiger charge is 2.30. The number of thiophene rings is 1. The molecule has 0 radical (unpaired) electrons. The molecule has 1 N–H and O–H groups in total. The second-order valence-corrected chi connectivity index (χ2v) is 10.3. The molecule has 1 fully saturated rings.